The highest BCUT2D eigenvalue weighted by molar-refractivity contribution is 5.89. The van der Waals surface area contributed by atoms with Gasteiger partial charge in [-0.3, -0.25) is 4.99 Å². The summed E-state index contributed by atoms with van der Waals surface area (Å²) in [6.07, 6.45) is 4.97. The quantitative estimate of drug-likeness (QED) is 0.509. The fourth-order valence-corrected chi connectivity index (χ4v) is 2.85. The Balaban J connectivity index is 1.82. The van der Waals surface area contributed by atoms with Gasteiger partial charge in [0.05, 0.1) is 12.7 Å². The predicted molar refractivity (Wildman–Crippen MR) is 92.5 cm³/mol. The number of esters is 1. The summed E-state index contributed by atoms with van der Waals surface area (Å²) in [6.45, 7) is 2.99. The van der Waals surface area contributed by atoms with E-state index in [0.29, 0.717) is 18.2 Å². The number of hydrogen-bond acceptors (Lipinski definition) is 3. The monoisotopic (exact) mass is 317 g/mol. The minimum atomic E-state index is -0.312. The Morgan fingerprint density at radius 1 is 1.22 bits per heavy atom. The lowest BCUT2D eigenvalue weighted by Gasteiger charge is -2.28. The summed E-state index contributed by atoms with van der Waals surface area (Å²) >= 11 is 0. The lowest BCUT2D eigenvalue weighted by Crippen LogP contribution is -2.44. The third-order valence-electron chi connectivity index (χ3n) is 4.42. The van der Waals surface area contributed by atoms with E-state index in [9.17, 15) is 4.79 Å². The van der Waals surface area contributed by atoms with Crippen molar-refractivity contribution in [2.45, 2.75) is 45.2 Å². The van der Waals surface area contributed by atoms with Gasteiger partial charge in [-0.25, -0.2) is 4.79 Å². The van der Waals surface area contributed by atoms with E-state index in [-0.39, 0.29) is 5.97 Å². The number of carbonyl (C=O) groups is 1. The van der Waals surface area contributed by atoms with Gasteiger partial charge < -0.3 is 15.4 Å². The molecular weight excluding hydrogens is 290 g/mol. The van der Waals surface area contributed by atoms with Gasteiger partial charge in [0.2, 0.25) is 0 Å². The van der Waals surface area contributed by atoms with Gasteiger partial charge in [0.1, 0.15) is 0 Å². The average Bonchev–Trinajstić information content (AvgIpc) is 2.60. The molecule has 0 aromatic heterocycles. The molecule has 1 aromatic carbocycles. The molecule has 0 aliphatic heterocycles. The van der Waals surface area contributed by atoms with Gasteiger partial charge in [0, 0.05) is 19.6 Å². The van der Waals surface area contributed by atoms with Gasteiger partial charge in [0.25, 0.3) is 0 Å². The molecule has 2 N–H and O–H groups in total. The molecule has 1 aromatic rings. The molecule has 0 radical (unpaired) electrons. The van der Waals surface area contributed by atoms with Crippen molar-refractivity contribution in [1.82, 2.24) is 10.6 Å². The van der Waals surface area contributed by atoms with Crippen LogP contribution in [0.5, 0.6) is 0 Å². The number of aliphatic imine (C=N–C) groups is 1. The fraction of sp³-hybridized carbons (Fsp3) is 0.556. The van der Waals surface area contributed by atoms with Gasteiger partial charge in [0.15, 0.2) is 5.96 Å². The SMILES string of the molecule is CN=C(NCc1ccc(C(=O)OC)cc1)NC1CCC(C)CC1. The number of benzene rings is 1. The average molecular weight is 317 g/mol. The Hall–Kier alpha value is -2.04. The van der Waals surface area contributed by atoms with E-state index in [4.69, 9.17) is 4.74 Å². The highest BCUT2D eigenvalue weighted by Crippen LogP contribution is 2.23. The molecule has 0 saturated heterocycles. The molecule has 2 rings (SSSR count). The van der Waals surface area contributed by atoms with E-state index < -0.39 is 0 Å². The predicted octanol–water partition coefficient (Wildman–Crippen LogP) is 2.72. The zero-order valence-electron chi connectivity index (χ0n) is 14.3. The number of guanidine groups is 1. The number of ether oxygens (including phenoxy) is 1. The Kier molecular flexibility index (Phi) is 6.44. The smallest absolute Gasteiger partial charge is 0.337 e. The van der Waals surface area contributed by atoms with Crippen LogP contribution in [-0.2, 0) is 11.3 Å². The van der Waals surface area contributed by atoms with Crippen molar-refractivity contribution in [1.29, 1.82) is 0 Å². The van der Waals surface area contributed by atoms with Crippen LogP contribution in [0.2, 0.25) is 0 Å². The Labute approximate surface area is 138 Å². The van der Waals surface area contributed by atoms with E-state index >= 15 is 0 Å². The lowest BCUT2D eigenvalue weighted by atomic mass is 9.87. The maximum atomic E-state index is 11.4. The van der Waals surface area contributed by atoms with Gasteiger partial charge in [-0.05, 0) is 49.3 Å². The third kappa shape index (κ3) is 5.27. The van der Waals surface area contributed by atoms with Gasteiger partial charge in [-0.1, -0.05) is 19.1 Å². The van der Waals surface area contributed by atoms with E-state index in [1.807, 2.05) is 12.1 Å². The third-order valence-corrected chi connectivity index (χ3v) is 4.42. The highest BCUT2D eigenvalue weighted by atomic mass is 16.5. The molecule has 0 unspecified atom stereocenters. The zero-order chi connectivity index (χ0) is 16.7. The van der Waals surface area contributed by atoms with Gasteiger partial charge in [-0.15, -0.1) is 0 Å². The van der Waals surface area contributed by atoms with Crippen molar-refractivity contribution in [3.8, 4) is 0 Å². The van der Waals surface area contributed by atoms with Crippen LogP contribution in [-0.4, -0.2) is 32.1 Å². The van der Waals surface area contributed by atoms with Crippen LogP contribution < -0.4 is 10.6 Å². The standard InChI is InChI=1S/C18H27N3O2/c1-13-4-10-16(11-5-13)21-18(19-2)20-12-14-6-8-15(9-7-14)17(22)23-3/h6-9,13,16H,4-5,10-12H2,1-3H3,(H2,19,20,21). The van der Waals surface area contributed by atoms with Crippen molar-refractivity contribution in [2.75, 3.05) is 14.2 Å². The van der Waals surface area contributed by atoms with Crippen molar-refractivity contribution in [3.63, 3.8) is 0 Å². The van der Waals surface area contributed by atoms with Crippen LogP contribution in [0.1, 0.15) is 48.5 Å². The minimum Gasteiger partial charge on any atom is -0.465 e. The molecule has 5 nitrogen and oxygen atoms in total. The van der Waals surface area contributed by atoms with Crippen LogP contribution in [0.15, 0.2) is 29.3 Å². The maximum Gasteiger partial charge on any atom is 0.337 e. The molecular formula is C18H27N3O2. The highest BCUT2D eigenvalue weighted by Gasteiger charge is 2.18. The molecule has 1 aliphatic rings. The molecule has 126 valence electrons. The number of methoxy groups -OCH3 is 1. The first kappa shape index (κ1) is 17.3. The summed E-state index contributed by atoms with van der Waals surface area (Å²) < 4.78 is 4.70. The first-order valence-corrected chi connectivity index (χ1v) is 8.26. The molecule has 23 heavy (non-hydrogen) atoms. The largest absolute Gasteiger partial charge is 0.465 e. The first-order valence-electron chi connectivity index (χ1n) is 8.26. The van der Waals surface area contributed by atoms with Crippen molar-refractivity contribution in [2.24, 2.45) is 10.9 Å². The molecule has 1 fully saturated rings. The van der Waals surface area contributed by atoms with Gasteiger partial charge in [-0.2, -0.15) is 0 Å². The minimum absolute atomic E-state index is 0.312. The second-order valence-electron chi connectivity index (χ2n) is 6.22. The second-order valence-corrected chi connectivity index (χ2v) is 6.22. The molecule has 1 saturated carbocycles. The van der Waals surface area contributed by atoms with Crippen LogP contribution in [0.25, 0.3) is 0 Å². The summed E-state index contributed by atoms with van der Waals surface area (Å²) in [4.78, 5) is 15.7. The van der Waals surface area contributed by atoms with Crippen LogP contribution in [0.3, 0.4) is 0 Å². The number of nitrogens with one attached hydrogen (secondary N) is 2. The fourth-order valence-electron chi connectivity index (χ4n) is 2.85. The number of hydrogen-bond donors (Lipinski definition) is 2. The van der Waals surface area contributed by atoms with Gasteiger partial charge >= 0.3 is 5.97 Å². The Bertz CT molecular complexity index is 532. The van der Waals surface area contributed by atoms with E-state index in [1.54, 1.807) is 19.2 Å². The summed E-state index contributed by atoms with van der Waals surface area (Å²) in [6, 6.07) is 7.92. The normalized spacial score (nSPS) is 21.6. The molecule has 0 heterocycles. The summed E-state index contributed by atoms with van der Waals surface area (Å²) in [5, 5.41) is 6.83. The maximum absolute atomic E-state index is 11.4. The molecule has 0 spiro atoms. The lowest BCUT2D eigenvalue weighted by molar-refractivity contribution is 0.0600. The number of rotatable bonds is 4. The molecule has 0 amide bonds. The molecule has 0 bridgehead atoms. The molecule has 1 aliphatic carbocycles. The van der Waals surface area contributed by atoms with E-state index in [0.717, 1.165) is 17.4 Å². The van der Waals surface area contributed by atoms with Crippen molar-refractivity contribution < 1.29 is 9.53 Å². The number of carbonyl (C=O) groups excluding carboxylic acids is 1. The zero-order valence-corrected chi connectivity index (χ0v) is 14.3. The molecule has 5 heteroatoms. The van der Waals surface area contributed by atoms with Crippen molar-refractivity contribution >= 4 is 11.9 Å². The second kappa shape index (κ2) is 8.56. The van der Waals surface area contributed by atoms with Crippen LogP contribution in [0.4, 0.5) is 0 Å². The summed E-state index contributed by atoms with van der Waals surface area (Å²) in [7, 11) is 3.18. The van der Waals surface area contributed by atoms with E-state index in [1.165, 1.54) is 32.8 Å². The molecule has 0 atom stereocenters. The van der Waals surface area contributed by atoms with Crippen LogP contribution >= 0.6 is 0 Å². The van der Waals surface area contributed by atoms with E-state index in [2.05, 4.69) is 22.5 Å². The van der Waals surface area contributed by atoms with Crippen molar-refractivity contribution in [3.05, 3.63) is 35.4 Å². The Morgan fingerprint density at radius 3 is 2.43 bits per heavy atom. The Morgan fingerprint density at radius 2 is 1.87 bits per heavy atom. The summed E-state index contributed by atoms with van der Waals surface area (Å²) in [5.74, 6) is 1.37. The first-order chi connectivity index (χ1) is 11.1. The van der Waals surface area contributed by atoms with Crippen LogP contribution in [0, 0.1) is 5.92 Å². The summed E-state index contributed by atoms with van der Waals surface area (Å²) in [5.41, 5.74) is 1.66. The number of nitrogens with zero attached hydrogens (tertiary/aromatic N) is 1. The topological polar surface area (TPSA) is 62.7 Å².